The molecule has 0 saturated carbocycles. The summed E-state index contributed by atoms with van der Waals surface area (Å²) < 4.78 is 82.1. The Kier molecular flexibility index (Phi) is 8.04. The number of hydrogen-bond acceptors (Lipinski definition) is 10. The third-order valence-electron chi connectivity index (χ3n) is 5.31. The summed E-state index contributed by atoms with van der Waals surface area (Å²) in [6.07, 6.45) is -2.66. The monoisotopic (exact) mass is 557 g/mol. The molecule has 1 aliphatic heterocycles. The van der Waals surface area contributed by atoms with Crippen LogP contribution in [0.4, 0.5) is 14.6 Å². The fourth-order valence-electron chi connectivity index (χ4n) is 3.45. The third kappa shape index (κ3) is 6.39. The number of nitrogen functional groups attached to an aromatic ring is 1. The highest BCUT2D eigenvalue weighted by Gasteiger charge is 2.58. The summed E-state index contributed by atoms with van der Waals surface area (Å²) in [7, 11) is -4.66. The Balaban J connectivity index is 1.98. The van der Waals surface area contributed by atoms with Crippen LogP contribution in [0.15, 0.2) is 41.3 Å². The van der Waals surface area contributed by atoms with Crippen molar-refractivity contribution in [2.24, 2.45) is 5.92 Å². The molecular formula is C24H28F2N3O8P. The number of hydrogen-bond donors (Lipinski definition) is 2. The van der Waals surface area contributed by atoms with Crippen molar-refractivity contribution < 1.29 is 44.5 Å². The van der Waals surface area contributed by atoms with Crippen molar-refractivity contribution in [3.05, 3.63) is 52.8 Å². The van der Waals surface area contributed by atoms with Crippen LogP contribution in [0.2, 0.25) is 0 Å². The molecule has 0 aliphatic carbocycles. The number of para-hydroxylation sites is 1. The fraction of sp³-hybridized carbons (Fsp3) is 0.458. The molecule has 3 rings (SSSR count). The molecule has 1 aliphatic rings. The van der Waals surface area contributed by atoms with Crippen LogP contribution in [-0.4, -0.2) is 57.3 Å². The topological polar surface area (TPSA) is 152 Å². The first kappa shape index (κ1) is 26.3. The molecular weight excluding hydrogens is 527 g/mol. The molecule has 0 amide bonds. The first-order valence-corrected chi connectivity index (χ1v) is 13.0. The minimum absolute atomic E-state index is 0.0183. The van der Waals surface area contributed by atoms with Gasteiger partial charge in [0.15, 0.2) is 17.9 Å². The van der Waals surface area contributed by atoms with E-state index in [0.717, 1.165) is 0 Å². The second-order valence-corrected chi connectivity index (χ2v) is 10.7. The minimum Gasteiger partial charge on any atom is -0.463 e. The molecule has 11 nitrogen and oxygen atoms in total. The van der Waals surface area contributed by atoms with Crippen LogP contribution in [0.1, 0.15) is 29.7 Å². The molecule has 1 aromatic heterocycles. The summed E-state index contributed by atoms with van der Waals surface area (Å²) >= 11 is 0. The number of aliphatic hydroxyl groups is 1. The molecule has 206 valence electrons. The highest BCUT2D eigenvalue weighted by molar-refractivity contribution is 7.54. The van der Waals surface area contributed by atoms with Gasteiger partial charge in [-0.2, -0.15) is 4.98 Å². The number of rotatable bonds is 10. The van der Waals surface area contributed by atoms with Crippen LogP contribution in [0.3, 0.4) is 0 Å². The number of aliphatic hydroxyl groups excluding tert-OH is 1. The summed E-state index contributed by atoms with van der Waals surface area (Å²) in [5, 5.41) is 10.7. The summed E-state index contributed by atoms with van der Waals surface area (Å²) in [5.41, 5.74) is 0.625. The van der Waals surface area contributed by atoms with Crippen molar-refractivity contribution in [2.75, 3.05) is 18.5 Å². The van der Waals surface area contributed by atoms with Gasteiger partial charge in [-0.15, -0.1) is 6.42 Å². The van der Waals surface area contributed by atoms with E-state index in [2.05, 4.69) is 4.98 Å². The first-order valence-electron chi connectivity index (χ1n) is 12.3. The molecule has 1 saturated heterocycles. The number of nitrogens with two attached hydrogens (primary N) is 1. The van der Waals surface area contributed by atoms with Crippen LogP contribution < -0.4 is 15.9 Å². The minimum atomic E-state index is -4.66. The van der Waals surface area contributed by atoms with Crippen LogP contribution in [-0.2, 0) is 23.4 Å². The number of carbonyl (C=O) groups excluding carboxylic acids is 1. The number of nitrogens with zero attached hydrogens (tertiary/aromatic N) is 2. The third-order valence-corrected chi connectivity index (χ3v) is 7.17. The van der Waals surface area contributed by atoms with E-state index < -0.39 is 79.7 Å². The molecule has 2 aromatic rings. The van der Waals surface area contributed by atoms with E-state index in [1.807, 2.05) is 0 Å². The van der Waals surface area contributed by atoms with Crippen LogP contribution in [0.5, 0.6) is 5.75 Å². The molecule has 6 atom stereocenters. The van der Waals surface area contributed by atoms with Crippen molar-refractivity contribution in [1.29, 1.82) is 0 Å². The van der Waals surface area contributed by atoms with Gasteiger partial charge in [-0.25, -0.2) is 18.1 Å². The van der Waals surface area contributed by atoms with E-state index in [1.165, 1.54) is 31.2 Å². The molecule has 1 aromatic carbocycles. The Morgan fingerprint density at radius 2 is 2.08 bits per heavy atom. The number of alkyl halides is 1. The van der Waals surface area contributed by atoms with Gasteiger partial charge in [0.25, 0.3) is 0 Å². The highest BCUT2D eigenvalue weighted by atomic mass is 31.2. The predicted octanol–water partition coefficient (Wildman–Crippen LogP) is 2.44. The lowest BCUT2D eigenvalue weighted by Gasteiger charge is -2.24. The van der Waals surface area contributed by atoms with Gasteiger partial charge in [-0.1, -0.05) is 31.0 Å². The molecule has 0 spiro atoms. The van der Waals surface area contributed by atoms with Crippen LogP contribution in [0, 0.1) is 24.1 Å². The van der Waals surface area contributed by atoms with Crippen molar-refractivity contribution in [3.8, 4) is 18.1 Å². The highest BCUT2D eigenvalue weighted by Crippen LogP contribution is 2.51. The lowest BCUT2D eigenvalue weighted by Crippen LogP contribution is -2.44. The normalized spacial score (nSPS) is 26.5. The van der Waals surface area contributed by atoms with Crippen LogP contribution in [0.25, 0.3) is 0 Å². The second-order valence-electron chi connectivity index (χ2n) is 8.72. The molecule has 38 heavy (non-hydrogen) atoms. The van der Waals surface area contributed by atoms with Gasteiger partial charge in [0, 0.05) is 0 Å². The zero-order valence-corrected chi connectivity index (χ0v) is 21.5. The predicted molar refractivity (Wildman–Crippen MR) is 131 cm³/mol. The standard InChI is InChI=1S/C24H28F2N3O8P/c1-5-24(26)19(30)18(36-22(24)29-11-17(25)20(27)28-23(29)32)12-34-38(33,37-16-9-7-6-8-10-16)13-15(4)21(31)35-14(2)3/h1,6-11,14-15,18-19,22,30H,12-13H2,2-4H3,(H2,27,28,32)/t15-,18-,19+,22-,24?,38+/m1/s1/i12D2. The van der Waals surface area contributed by atoms with Gasteiger partial charge < -0.3 is 24.8 Å². The van der Waals surface area contributed by atoms with Crippen molar-refractivity contribution in [2.45, 2.75) is 51.0 Å². The SMILES string of the molecule is [2H]C([2H])(O[P@@](=O)(C[C@@H](C)C(=O)OC(C)C)Oc1ccccc1)[C@H]1O[C@@H](n2cc(F)c(N)nc2=O)C(F)(C#C)[C@H]1O. The quantitative estimate of drug-likeness (QED) is 0.253. The molecule has 2 heterocycles. The van der Waals surface area contributed by atoms with E-state index in [0.29, 0.717) is 6.20 Å². The molecule has 3 N–H and O–H groups in total. The average molecular weight is 557 g/mol. The maximum atomic E-state index is 15.9. The number of anilines is 1. The van der Waals surface area contributed by atoms with E-state index >= 15 is 4.39 Å². The molecule has 0 bridgehead atoms. The average Bonchev–Trinajstić information content (AvgIpc) is 3.12. The fourth-order valence-corrected chi connectivity index (χ4v) is 5.16. The van der Waals surface area contributed by atoms with Gasteiger partial charge in [0.2, 0.25) is 5.67 Å². The van der Waals surface area contributed by atoms with Crippen molar-refractivity contribution in [3.63, 3.8) is 0 Å². The molecule has 14 heteroatoms. The van der Waals surface area contributed by atoms with E-state index in [4.69, 9.17) is 33.4 Å². The zero-order valence-electron chi connectivity index (χ0n) is 22.6. The Morgan fingerprint density at radius 1 is 1.42 bits per heavy atom. The largest absolute Gasteiger partial charge is 0.463 e. The molecule has 1 fully saturated rings. The van der Waals surface area contributed by atoms with Gasteiger partial charge >= 0.3 is 19.3 Å². The Hall–Kier alpha value is -3.30. The molecule has 1 unspecified atom stereocenters. The first-order chi connectivity index (χ1) is 18.5. The smallest absolute Gasteiger partial charge is 0.380 e. The maximum absolute atomic E-state index is 15.9. The van der Waals surface area contributed by atoms with E-state index in [9.17, 15) is 23.7 Å². The van der Waals surface area contributed by atoms with Crippen molar-refractivity contribution in [1.82, 2.24) is 9.55 Å². The number of benzene rings is 1. The summed E-state index contributed by atoms with van der Waals surface area (Å²) in [4.78, 5) is 27.9. The Labute approximate surface area is 220 Å². The van der Waals surface area contributed by atoms with Gasteiger partial charge in [0.1, 0.15) is 18.0 Å². The van der Waals surface area contributed by atoms with Crippen molar-refractivity contribution >= 4 is 19.4 Å². The zero-order chi connectivity index (χ0) is 30.0. The lowest BCUT2D eigenvalue weighted by atomic mass is 9.97. The molecule has 0 radical (unpaired) electrons. The van der Waals surface area contributed by atoms with E-state index in [-0.39, 0.29) is 10.3 Å². The summed E-state index contributed by atoms with van der Waals surface area (Å²) in [6.45, 7) is 1.22. The second kappa shape index (κ2) is 11.6. The van der Waals surface area contributed by atoms with Crippen LogP contribution >= 0.6 is 7.60 Å². The number of esters is 1. The van der Waals surface area contributed by atoms with Gasteiger partial charge in [0.05, 0.1) is 33.7 Å². The van der Waals surface area contributed by atoms with Gasteiger partial charge in [-0.3, -0.25) is 13.9 Å². The van der Waals surface area contributed by atoms with Gasteiger partial charge in [-0.05, 0) is 26.0 Å². The van der Waals surface area contributed by atoms with E-state index in [1.54, 1.807) is 25.8 Å². The summed E-state index contributed by atoms with van der Waals surface area (Å²) in [5.74, 6) is -2.36. The summed E-state index contributed by atoms with van der Waals surface area (Å²) in [6, 6.07) is 7.46. The Bertz CT molecular complexity index is 1390. The number of aromatic nitrogens is 2. The number of carbonyl (C=O) groups is 1. The Morgan fingerprint density at radius 3 is 2.68 bits per heavy atom. The lowest BCUT2D eigenvalue weighted by molar-refractivity contribution is -0.151. The number of terminal acetylenes is 1. The number of ether oxygens (including phenoxy) is 2. The maximum Gasteiger partial charge on any atom is 0.380 e. The number of halogens is 2.